The minimum absolute atomic E-state index is 0.00610. The lowest BCUT2D eigenvalue weighted by molar-refractivity contribution is 0.0452. The third-order valence-electron chi connectivity index (χ3n) is 4.82. The van der Waals surface area contributed by atoms with Crippen molar-refractivity contribution in [2.24, 2.45) is 5.14 Å². The molecule has 4 aromatic rings. The van der Waals surface area contributed by atoms with Crippen LogP contribution in [0.25, 0.3) is 22.2 Å². The molecular formula is C24H19ClN2O5S. The first-order valence-electron chi connectivity index (χ1n) is 9.90. The highest BCUT2D eigenvalue weighted by Crippen LogP contribution is 2.30. The number of hydrogen-bond donors (Lipinski definition) is 1. The fourth-order valence-corrected chi connectivity index (χ4v) is 4.00. The van der Waals surface area contributed by atoms with Crippen LogP contribution in [0.5, 0.6) is 5.75 Å². The summed E-state index contributed by atoms with van der Waals surface area (Å²) in [4.78, 5) is 17.5. The number of fused-ring (bicyclic) bond motifs is 1. The third kappa shape index (κ3) is 5.31. The zero-order valence-electron chi connectivity index (χ0n) is 17.3. The van der Waals surface area contributed by atoms with Gasteiger partial charge in [-0.15, -0.1) is 0 Å². The van der Waals surface area contributed by atoms with Crippen LogP contribution in [-0.2, 0) is 14.8 Å². The lowest BCUT2D eigenvalue weighted by Gasteiger charge is -2.11. The maximum absolute atomic E-state index is 12.9. The van der Waals surface area contributed by atoms with Gasteiger partial charge >= 0.3 is 5.97 Å². The Bertz CT molecular complexity index is 1420. The van der Waals surface area contributed by atoms with Crippen LogP contribution < -0.4 is 9.88 Å². The second-order valence-corrected chi connectivity index (χ2v) is 9.02. The number of pyridine rings is 1. The second-order valence-electron chi connectivity index (χ2n) is 7.05. The van der Waals surface area contributed by atoms with Crippen molar-refractivity contribution in [1.29, 1.82) is 0 Å². The lowest BCUT2D eigenvalue weighted by Crippen LogP contribution is -2.14. The van der Waals surface area contributed by atoms with Crippen molar-refractivity contribution >= 4 is 38.5 Å². The van der Waals surface area contributed by atoms with Gasteiger partial charge in [0.25, 0.3) is 0 Å². The summed E-state index contributed by atoms with van der Waals surface area (Å²) in [5.41, 5.74) is 2.30. The van der Waals surface area contributed by atoms with Crippen LogP contribution in [0, 0.1) is 0 Å². The van der Waals surface area contributed by atoms with Crippen LogP contribution >= 0.6 is 11.6 Å². The quantitative estimate of drug-likeness (QED) is 0.308. The fraction of sp³-hybridized carbons (Fsp3) is 0.0833. The number of hydrogen-bond acceptors (Lipinski definition) is 6. The number of para-hydroxylation sites is 1. The molecule has 1 heterocycles. The Morgan fingerprint density at radius 3 is 2.36 bits per heavy atom. The van der Waals surface area contributed by atoms with E-state index < -0.39 is 16.0 Å². The minimum atomic E-state index is -3.77. The molecule has 0 amide bonds. The summed E-state index contributed by atoms with van der Waals surface area (Å²) >= 11 is 6.32. The van der Waals surface area contributed by atoms with E-state index in [0.717, 1.165) is 0 Å². The number of sulfonamides is 1. The molecule has 0 aliphatic carbocycles. The van der Waals surface area contributed by atoms with Crippen molar-refractivity contribution < 1.29 is 22.7 Å². The van der Waals surface area contributed by atoms with E-state index in [9.17, 15) is 13.2 Å². The van der Waals surface area contributed by atoms with Crippen LogP contribution in [0.3, 0.4) is 0 Å². The van der Waals surface area contributed by atoms with Crippen molar-refractivity contribution in [3.63, 3.8) is 0 Å². The highest BCUT2D eigenvalue weighted by Gasteiger charge is 2.16. The zero-order valence-corrected chi connectivity index (χ0v) is 18.8. The molecule has 9 heteroatoms. The van der Waals surface area contributed by atoms with Gasteiger partial charge in [0.1, 0.15) is 19.0 Å². The zero-order chi connectivity index (χ0) is 23.4. The number of nitrogens with zero attached hydrogens (tertiary/aromatic N) is 1. The van der Waals surface area contributed by atoms with Gasteiger partial charge in [0.05, 0.1) is 21.7 Å². The van der Waals surface area contributed by atoms with E-state index in [4.69, 9.17) is 26.2 Å². The number of carbonyl (C=O) groups excluding carboxylic acids is 1. The predicted octanol–water partition coefficient (Wildman–Crippen LogP) is 4.44. The van der Waals surface area contributed by atoms with Crippen molar-refractivity contribution in [2.45, 2.75) is 4.90 Å². The van der Waals surface area contributed by atoms with Gasteiger partial charge in [-0.1, -0.05) is 48.0 Å². The van der Waals surface area contributed by atoms with Crippen LogP contribution in [0.4, 0.5) is 0 Å². The number of benzene rings is 3. The van der Waals surface area contributed by atoms with Gasteiger partial charge in [-0.25, -0.2) is 23.3 Å². The number of primary sulfonamides is 1. The largest absolute Gasteiger partial charge is 0.490 e. The molecule has 2 N–H and O–H groups in total. The molecule has 1 aromatic heterocycles. The van der Waals surface area contributed by atoms with Crippen molar-refractivity contribution in [3.05, 3.63) is 89.4 Å². The van der Waals surface area contributed by atoms with Gasteiger partial charge in [0.2, 0.25) is 10.0 Å². The minimum Gasteiger partial charge on any atom is -0.490 e. The van der Waals surface area contributed by atoms with Crippen LogP contribution in [-0.4, -0.2) is 32.6 Å². The smallest absolute Gasteiger partial charge is 0.339 e. The molecule has 0 aliphatic heterocycles. The second kappa shape index (κ2) is 9.58. The summed E-state index contributed by atoms with van der Waals surface area (Å²) in [6.45, 7) is 0.0781. The Labute approximate surface area is 195 Å². The number of halogens is 1. The molecule has 0 saturated heterocycles. The Morgan fingerprint density at radius 2 is 1.64 bits per heavy atom. The molecule has 0 radical (unpaired) electrons. The number of ether oxygens (including phenoxy) is 2. The Kier molecular flexibility index (Phi) is 6.60. The molecule has 0 atom stereocenters. The molecule has 0 fully saturated rings. The molecule has 0 spiro atoms. The lowest BCUT2D eigenvalue weighted by atomic mass is 10.0. The fourth-order valence-electron chi connectivity index (χ4n) is 3.25. The molecule has 168 valence electrons. The van der Waals surface area contributed by atoms with Gasteiger partial charge in [0, 0.05) is 16.0 Å². The number of carbonyl (C=O) groups is 1. The van der Waals surface area contributed by atoms with Crippen molar-refractivity contribution in [2.75, 3.05) is 13.2 Å². The van der Waals surface area contributed by atoms with Gasteiger partial charge in [0.15, 0.2) is 0 Å². The SMILES string of the molecule is NS(=O)(=O)c1ccc(OCCOC(=O)c2cc(-c3ccccc3Cl)nc3ccccc23)cc1. The third-order valence-corrected chi connectivity index (χ3v) is 6.08. The molecule has 4 rings (SSSR count). The number of aromatic nitrogens is 1. The molecule has 0 unspecified atom stereocenters. The Morgan fingerprint density at radius 1 is 0.939 bits per heavy atom. The van der Waals surface area contributed by atoms with Crippen LogP contribution in [0.1, 0.15) is 10.4 Å². The first-order valence-corrected chi connectivity index (χ1v) is 11.8. The molecule has 0 bridgehead atoms. The molecule has 0 aliphatic rings. The van der Waals surface area contributed by atoms with E-state index in [0.29, 0.717) is 38.5 Å². The monoisotopic (exact) mass is 482 g/mol. The van der Waals surface area contributed by atoms with Crippen molar-refractivity contribution in [3.8, 4) is 17.0 Å². The highest BCUT2D eigenvalue weighted by molar-refractivity contribution is 7.89. The van der Waals surface area contributed by atoms with Crippen molar-refractivity contribution in [1.82, 2.24) is 4.98 Å². The summed E-state index contributed by atoms with van der Waals surface area (Å²) in [7, 11) is -3.77. The highest BCUT2D eigenvalue weighted by atomic mass is 35.5. The normalized spacial score (nSPS) is 11.3. The average molecular weight is 483 g/mol. The number of nitrogens with two attached hydrogens (primary N) is 1. The summed E-state index contributed by atoms with van der Waals surface area (Å²) < 4.78 is 33.5. The van der Waals surface area contributed by atoms with Crippen LogP contribution in [0.2, 0.25) is 5.02 Å². The Balaban J connectivity index is 1.48. The molecule has 0 saturated carbocycles. The Hall–Kier alpha value is -3.46. The summed E-state index contributed by atoms with van der Waals surface area (Å²) in [5, 5.41) is 6.27. The number of esters is 1. The topological polar surface area (TPSA) is 109 Å². The van der Waals surface area contributed by atoms with E-state index in [1.54, 1.807) is 18.2 Å². The molecule has 33 heavy (non-hydrogen) atoms. The first-order chi connectivity index (χ1) is 15.8. The summed E-state index contributed by atoms with van der Waals surface area (Å²) in [6, 6.07) is 21.9. The average Bonchev–Trinajstić information content (AvgIpc) is 2.81. The summed E-state index contributed by atoms with van der Waals surface area (Å²) in [5.74, 6) is -0.0936. The molecule has 3 aromatic carbocycles. The van der Waals surface area contributed by atoms with E-state index in [1.807, 2.05) is 36.4 Å². The number of rotatable bonds is 7. The maximum atomic E-state index is 12.9. The van der Waals surface area contributed by atoms with Crippen LogP contribution in [0.15, 0.2) is 83.8 Å². The predicted molar refractivity (Wildman–Crippen MR) is 126 cm³/mol. The van der Waals surface area contributed by atoms with E-state index in [2.05, 4.69) is 4.98 Å². The van der Waals surface area contributed by atoms with Gasteiger partial charge in [-0.3, -0.25) is 0 Å². The van der Waals surface area contributed by atoms with E-state index in [-0.39, 0.29) is 18.1 Å². The van der Waals surface area contributed by atoms with E-state index >= 15 is 0 Å². The molecular weight excluding hydrogens is 464 g/mol. The first kappa shape index (κ1) is 22.7. The van der Waals surface area contributed by atoms with Gasteiger partial charge in [-0.05, 0) is 42.5 Å². The molecule has 7 nitrogen and oxygen atoms in total. The van der Waals surface area contributed by atoms with Gasteiger partial charge in [-0.2, -0.15) is 0 Å². The van der Waals surface area contributed by atoms with Gasteiger partial charge < -0.3 is 9.47 Å². The summed E-state index contributed by atoms with van der Waals surface area (Å²) in [6.07, 6.45) is 0. The standard InChI is InChI=1S/C24H19ClN2O5S/c25-21-7-3-1-6-19(21)23-15-20(18-5-2-4-8-22(18)27-23)24(28)32-14-13-31-16-9-11-17(12-10-16)33(26,29)30/h1-12,15H,13-14H2,(H2,26,29,30). The van der Waals surface area contributed by atoms with E-state index in [1.165, 1.54) is 24.3 Å². The maximum Gasteiger partial charge on any atom is 0.339 e.